The van der Waals surface area contributed by atoms with Crippen molar-refractivity contribution in [3.05, 3.63) is 40.9 Å². The lowest BCUT2D eigenvalue weighted by Crippen LogP contribution is -2.10. The van der Waals surface area contributed by atoms with Crippen LogP contribution < -0.4 is 0 Å². The van der Waals surface area contributed by atoms with Gasteiger partial charge >= 0.3 is 5.97 Å². The third kappa shape index (κ3) is 3.41. The molecule has 0 aliphatic heterocycles. The van der Waals surface area contributed by atoms with E-state index in [1.165, 1.54) is 16.9 Å². The Hall–Kier alpha value is -1.68. The van der Waals surface area contributed by atoms with Crippen LogP contribution in [0.15, 0.2) is 30.5 Å². The number of benzene rings is 1. The van der Waals surface area contributed by atoms with Crippen molar-refractivity contribution in [2.45, 2.75) is 32.6 Å². The molecule has 0 radical (unpaired) electrons. The first-order chi connectivity index (χ1) is 8.86. The summed E-state index contributed by atoms with van der Waals surface area (Å²) in [6.45, 7) is 6.53. The molecule has 0 aliphatic carbocycles. The van der Waals surface area contributed by atoms with Crippen molar-refractivity contribution in [2.24, 2.45) is 0 Å². The Labute approximate surface area is 116 Å². The van der Waals surface area contributed by atoms with Crippen molar-refractivity contribution < 1.29 is 9.90 Å². The van der Waals surface area contributed by atoms with Crippen LogP contribution in [0.2, 0.25) is 0 Å². The van der Waals surface area contributed by atoms with Gasteiger partial charge in [0.2, 0.25) is 0 Å². The second-order valence-corrected chi connectivity index (χ2v) is 6.64. The molecule has 3 nitrogen and oxygen atoms in total. The minimum atomic E-state index is -0.821. The van der Waals surface area contributed by atoms with Crippen LogP contribution in [-0.4, -0.2) is 16.1 Å². The number of carboxylic acid groups (broad SMARTS) is 1. The molecule has 0 saturated heterocycles. The molecule has 0 fully saturated rings. The van der Waals surface area contributed by atoms with Gasteiger partial charge in [0, 0.05) is 16.6 Å². The summed E-state index contributed by atoms with van der Waals surface area (Å²) in [4.78, 5) is 15.7. The fraction of sp³-hybridized carbons (Fsp3) is 0.333. The van der Waals surface area contributed by atoms with Crippen molar-refractivity contribution in [3.8, 4) is 10.6 Å². The maximum absolute atomic E-state index is 10.6. The second kappa shape index (κ2) is 5.13. The first-order valence-corrected chi connectivity index (χ1v) is 6.95. The lowest BCUT2D eigenvalue weighted by atomic mass is 9.87. The van der Waals surface area contributed by atoms with Gasteiger partial charge in [0.1, 0.15) is 5.01 Å². The van der Waals surface area contributed by atoms with Crippen molar-refractivity contribution in [1.29, 1.82) is 0 Å². The fourth-order valence-corrected chi connectivity index (χ4v) is 2.69. The zero-order chi connectivity index (χ0) is 14.0. The van der Waals surface area contributed by atoms with E-state index in [1.54, 1.807) is 6.20 Å². The van der Waals surface area contributed by atoms with Crippen LogP contribution >= 0.6 is 11.3 Å². The van der Waals surface area contributed by atoms with E-state index in [1.807, 2.05) is 12.1 Å². The average molecular weight is 275 g/mol. The lowest BCUT2D eigenvalue weighted by molar-refractivity contribution is -0.136. The molecule has 0 bridgehead atoms. The van der Waals surface area contributed by atoms with Gasteiger partial charge in [-0.1, -0.05) is 45.0 Å². The Balaban J connectivity index is 2.23. The van der Waals surface area contributed by atoms with Gasteiger partial charge in [-0.05, 0) is 11.0 Å². The van der Waals surface area contributed by atoms with Gasteiger partial charge in [-0.3, -0.25) is 4.79 Å². The van der Waals surface area contributed by atoms with E-state index < -0.39 is 5.97 Å². The lowest BCUT2D eigenvalue weighted by Gasteiger charge is -2.18. The fourth-order valence-electron chi connectivity index (χ4n) is 1.78. The van der Waals surface area contributed by atoms with Crippen molar-refractivity contribution in [3.63, 3.8) is 0 Å². The Morgan fingerprint density at radius 2 is 1.89 bits per heavy atom. The summed E-state index contributed by atoms with van der Waals surface area (Å²) in [6, 6.07) is 8.30. The second-order valence-electron chi connectivity index (χ2n) is 5.53. The molecule has 2 rings (SSSR count). The molecule has 1 N–H and O–H groups in total. The van der Waals surface area contributed by atoms with Crippen LogP contribution in [0.3, 0.4) is 0 Å². The Morgan fingerprint density at radius 3 is 2.42 bits per heavy atom. The predicted molar refractivity (Wildman–Crippen MR) is 77.6 cm³/mol. The van der Waals surface area contributed by atoms with Crippen molar-refractivity contribution >= 4 is 17.3 Å². The third-order valence-electron chi connectivity index (χ3n) is 2.88. The first kappa shape index (κ1) is 13.7. The number of aliphatic carboxylic acids is 1. The van der Waals surface area contributed by atoms with Crippen LogP contribution in [0.4, 0.5) is 0 Å². The number of nitrogens with zero attached hydrogens (tertiary/aromatic N) is 1. The average Bonchev–Trinajstić information content (AvgIpc) is 2.75. The monoisotopic (exact) mass is 275 g/mol. The maximum atomic E-state index is 10.6. The maximum Gasteiger partial charge on any atom is 0.308 e. The molecule has 0 aliphatic rings. The highest BCUT2D eigenvalue weighted by Crippen LogP contribution is 2.28. The summed E-state index contributed by atoms with van der Waals surface area (Å²) in [5.74, 6) is -0.821. The Bertz CT molecular complexity index is 579. The van der Waals surface area contributed by atoms with Crippen molar-refractivity contribution in [1.82, 2.24) is 4.98 Å². The van der Waals surface area contributed by atoms with Gasteiger partial charge in [-0.2, -0.15) is 0 Å². The van der Waals surface area contributed by atoms with Gasteiger partial charge in [0.05, 0.1) is 6.42 Å². The van der Waals surface area contributed by atoms with E-state index in [-0.39, 0.29) is 11.8 Å². The van der Waals surface area contributed by atoms with Gasteiger partial charge in [-0.15, -0.1) is 11.3 Å². The van der Waals surface area contributed by atoms with E-state index in [4.69, 9.17) is 5.11 Å². The number of thiazole rings is 1. The normalized spacial score (nSPS) is 11.5. The number of aromatic nitrogens is 1. The molecule has 1 heterocycles. The molecule has 0 unspecified atom stereocenters. The summed E-state index contributed by atoms with van der Waals surface area (Å²) >= 11 is 1.44. The minimum Gasteiger partial charge on any atom is -0.481 e. The van der Waals surface area contributed by atoms with Crippen LogP contribution in [0.25, 0.3) is 10.6 Å². The standard InChI is InChI=1S/C15H17NO2S/c1-15(2,3)11-6-4-10(5-7-11)14-16-9-12(19-14)8-13(17)18/h4-7,9H,8H2,1-3H3,(H,17,18). The number of rotatable bonds is 3. The zero-order valence-electron chi connectivity index (χ0n) is 11.3. The molecule has 0 spiro atoms. The molecule has 1 aromatic carbocycles. The largest absolute Gasteiger partial charge is 0.481 e. The van der Waals surface area contributed by atoms with E-state index in [2.05, 4.69) is 37.9 Å². The highest BCUT2D eigenvalue weighted by molar-refractivity contribution is 7.15. The van der Waals surface area contributed by atoms with Gasteiger partial charge in [0.25, 0.3) is 0 Å². The van der Waals surface area contributed by atoms with E-state index in [9.17, 15) is 4.79 Å². The highest BCUT2D eigenvalue weighted by atomic mass is 32.1. The molecule has 0 saturated carbocycles. The Kier molecular flexibility index (Phi) is 3.71. The zero-order valence-corrected chi connectivity index (χ0v) is 12.1. The molecular weight excluding hydrogens is 258 g/mol. The van der Waals surface area contributed by atoms with Gasteiger partial charge in [-0.25, -0.2) is 4.98 Å². The topological polar surface area (TPSA) is 50.2 Å². The number of carbonyl (C=O) groups is 1. The van der Waals surface area contributed by atoms with Gasteiger partial charge < -0.3 is 5.11 Å². The van der Waals surface area contributed by atoms with Gasteiger partial charge in [0.15, 0.2) is 0 Å². The number of hydrogen-bond donors (Lipinski definition) is 1. The van der Waals surface area contributed by atoms with Crippen LogP contribution in [0.1, 0.15) is 31.2 Å². The van der Waals surface area contributed by atoms with E-state index >= 15 is 0 Å². The summed E-state index contributed by atoms with van der Waals surface area (Å²) in [7, 11) is 0. The summed E-state index contributed by atoms with van der Waals surface area (Å²) in [6.07, 6.45) is 1.68. The van der Waals surface area contributed by atoms with E-state index in [0.29, 0.717) is 0 Å². The SMILES string of the molecule is CC(C)(C)c1ccc(-c2ncc(CC(=O)O)s2)cc1. The molecule has 19 heavy (non-hydrogen) atoms. The predicted octanol–water partition coefficient (Wildman–Crippen LogP) is 3.73. The molecule has 4 heteroatoms. The summed E-state index contributed by atoms with van der Waals surface area (Å²) in [5.41, 5.74) is 2.45. The molecule has 0 atom stereocenters. The first-order valence-electron chi connectivity index (χ1n) is 6.13. The highest BCUT2D eigenvalue weighted by Gasteiger charge is 2.14. The molecule has 0 amide bonds. The Morgan fingerprint density at radius 1 is 1.26 bits per heavy atom. The third-order valence-corrected chi connectivity index (χ3v) is 3.92. The smallest absolute Gasteiger partial charge is 0.308 e. The molecule has 100 valence electrons. The van der Waals surface area contributed by atoms with Crippen LogP contribution in [0.5, 0.6) is 0 Å². The quantitative estimate of drug-likeness (QED) is 0.928. The van der Waals surface area contributed by atoms with Crippen LogP contribution in [-0.2, 0) is 16.6 Å². The van der Waals surface area contributed by atoms with E-state index in [0.717, 1.165) is 15.4 Å². The molecule has 1 aromatic heterocycles. The van der Waals surface area contributed by atoms with Crippen LogP contribution in [0, 0.1) is 0 Å². The minimum absolute atomic E-state index is 0.0394. The van der Waals surface area contributed by atoms with Crippen molar-refractivity contribution in [2.75, 3.05) is 0 Å². The molecular formula is C15H17NO2S. The summed E-state index contributed by atoms with van der Waals surface area (Å²) in [5, 5.41) is 9.62. The molecule has 2 aromatic rings. The summed E-state index contributed by atoms with van der Waals surface area (Å²) < 4.78 is 0. The number of carboxylic acids is 1. The number of hydrogen-bond acceptors (Lipinski definition) is 3.